The highest BCUT2D eigenvalue weighted by atomic mass is 79.9. The predicted octanol–water partition coefficient (Wildman–Crippen LogP) is 4.29. The number of aromatic nitrogens is 3. The van der Waals surface area contributed by atoms with Gasteiger partial charge in [-0.2, -0.15) is 4.99 Å². The van der Waals surface area contributed by atoms with E-state index in [-0.39, 0.29) is 34.5 Å². The predicted molar refractivity (Wildman–Crippen MR) is 137 cm³/mol. The van der Waals surface area contributed by atoms with Crippen LogP contribution < -0.4 is 11.0 Å². The van der Waals surface area contributed by atoms with E-state index in [1.807, 2.05) is 26.8 Å². The van der Waals surface area contributed by atoms with Crippen LogP contribution in [0, 0.1) is 12.8 Å². The fraction of sp³-hybridized carbons (Fsp3) is 0.269. The van der Waals surface area contributed by atoms with Gasteiger partial charge >= 0.3 is 5.97 Å². The van der Waals surface area contributed by atoms with Gasteiger partial charge in [-0.1, -0.05) is 32.0 Å². The van der Waals surface area contributed by atoms with E-state index in [4.69, 9.17) is 9.72 Å². The lowest BCUT2D eigenvalue weighted by atomic mass is 10.1. The molecule has 0 aliphatic heterocycles. The highest BCUT2D eigenvalue weighted by Gasteiger charge is 2.21. The largest absolute Gasteiger partial charge is 0.462 e. The number of rotatable bonds is 5. The lowest BCUT2D eigenvalue weighted by Gasteiger charge is -2.17. The molecule has 3 aromatic heterocycles. The van der Waals surface area contributed by atoms with Crippen LogP contribution in [-0.2, 0) is 11.3 Å². The molecule has 35 heavy (non-hydrogen) atoms. The van der Waals surface area contributed by atoms with Crippen LogP contribution in [0.25, 0.3) is 16.7 Å². The van der Waals surface area contributed by atoms with E-state index < -0.39 is 11.9 Å². The average Bonchev–Trinajstić information content (AvgIpc) is 2.81. The quantitative estimate of drug-likeness (QED) is 0.280. The average molecular weight is 537 g/mol. The third kappa shape index (κ3) is 4.68. The summed E-state index contributed by atoms with van der Waals surface area (Å²) in [5, 5.41) is 0.240. The second kappa shape index (κ2) is 9.95. The van der Waals surface area contributed by atoms with Gasteiger partial charge in [-0.15, -0.1) is 0 Å². The molecule has 0 N–H and O–H groups in total. The number of esters is 1. The molecule has 4 aromatic rings. The molecule has 0 radical (unpaired) electrons. The Kier molecular flexibility index (Phi) is 6.98. The molecular formula is C26H25BrN4O4. The topological polar surface area (TPSA) is 95.0 Å². The monoisotopic (exact) mass is 536 g/mol. The minimum atomic E-state index is -0.667. The second-order valence-electron chi connectivity index (χ2n) is 8.54. The highest BCUT2D eigenvalue weighted by Crippen LogP contribution is 2.18. The van der Waals surface area contributed by atoms with Crippen molar-refractivity contribution in [2.45, 2.75) is 34.2 Å². The molecule has 1 aromatic carbocycles. The number of carbonyl (C=O) groups excluding carboxylic acids is 2. The van der Waals surface area contributed by atoms with E-state index in [1.54, 1.807) is 48.0 Å². The molecule has 0 fully saturated rings. The summed E-state index contributed by atoms with van der Waals surface area (Å²) in [6.45, 7) is 8.06. The summed E-state index contributed by atoms with van der Waals surface area (Å²) in [7, 11) is 0. The van der Waals surface area contributed by atoms with Gasteiger partial charge in [-0.25, -0.2) is 9.78 Å². The first-order valence-corrected chi connectivity index (χ1v) is 12.1. The number of carbonyl (C=O) groups is 2. The molecule has 4 rings (SSSR count). The Bertz CT molecular complexity index is 1600. The molecule has 3 heterocycles. The zero-order valence-electron chi connectivity index (χ0n) is 19.9. The van der Waals surface area contributed by atoms with E-state index in [2.05, 4.69) is 20.9 Å². The fourth-order valence-corrected chi connectivity index (χ4v) is 4.35. The summed E-state index contributed by atoms with van der Waals surface area (Å²) >= 11 is 3.39. The van der Waals surface area contributed by atoms with Gasteiger partial charge < -0.3 is 9.30 Å². The fourth-order valence-electron chi connectivity index (χ4n) is 3.90. The maximum absolute atomic E-state index is 13.5. The minimum absolute atomic E-state index is 0.0342. The van der Waals surface area contributed by atoms with Crippen LogP contribution in [0.2, 0.25) is 0 Å². The van der Waals surface area contributed by atoms with Gasteiger partial charge in [0, 0.05) is 17.2 Å². The number of pyridine rings is 2. The molecule has 0 atom stereocenters. The van der Waals surface area contributed by atoms with Crippen molar-refractivity contribution in [1.29, 1.82) is 0 Å². The summed E-state index contributed by atoms with van der Waals surface area (Å²) in [5.41, 5.74) is 1.84. The Hall–Kier alpha value is -3.59. The van der Waals surface area contributed by atoms with Gasteiger partial charge in [0.2, 0.25) is 0 Å². The lowest BCUT2D eigenvalue weighted by molar-refractivity contribution is 0.0523. The first kappa shape index (κ1) is 24.5. The molecule has 0 aliphatic carbocycles. The summed E-state index contributed by atoms with van der Waals surface area (Å²) < 4.78 is 8.99. The Morgan fingerprint density at radius 3 is 2.54 bits per heavy atom. The van der Waals surface area contributed by atoms with Gasteiger partial charge in [0.05, 0.1) is 17.6 Å². The molecule has 1 amide bonds. The molecule has 9 heteroatoms. The van der Waals surface area contributed by atoms with Crippen molar-refractivity contribution >= 4 is 44.5 Å². The number of hydrogen-bond donors (Lipinski definition) is 0. The van der Waals surface area contributed by atoms with E-state index in [9.17, 15) is 14.4 Å². The normalized spacial score (nSPS) is 12.0. The standard InChI is InChI=1S/C26H25BrN4O4/c1-5-35-26(34)19-13-18-22(28-21-16(4)9-8-12-30(21)25(18)33)31(14-15(2)3)23(19)29-24(32)17-10-6-7-11-20(17)27/h6-13,15H,5,14H2,1-4H3. The summed E-state index contributed by atoms with van der Waals surface area (Å²) in [5.74, 6) is -1.10. The van der Waals surface area contributed by atoms with Crippen molar-refractivity contribution in [1.82, 2.24) is 14.0 Å². The minimum Gasteiger partial charge on any atom is -0.462 e. The van der Waals surface area contributed by atoms with Crippen molar-refractivity contribution in [3.05, 3.63) is 85.7 Å². The van der Waals surface area contributed by atoms with Gasteiger partial charge in [-0.05, 0) is 65.5 Å². The van der Waals surface area contributed by atoms with Gasteiger partial charge in [0.25, 0.3) is 11.5 Å². The number of nitrogens with zero attached hydrogens (tertiary/aromatic N) is 4. The molecule has 0 bridgehead atoms. The molecule has 180 valence electrons. The van der Waals surface area contributed by atoms with E-state index in [0.717, 1.165) is 5.56 Å². The number of benzene rings is 1. The van der Waals surface area contributed by atoms with Crippen molar-refractivity contribution in [2.24, 2.45) is 10.9 Å². The summed E-state index contributed by atoms with van der Waals surface area (Å²) in [6.07, 6.45) is 1.64. The lowest BCUT2D eigenvalue weighted by Crippen LogP contribution is -2.34. The number of ether oxygens (including phenoxy) is 1. The third-order valence-electron chi connectivity index (χ3n) is 5.46. The Morgan fingerprint density at radius 2 is 1.86 bits per heavy atom. The summed E-state index contributed by atoms with van der Waals surface area (Å²) in [6, 6.07) is 12.0. The van der Waals surface area contributed by atoms with E-state index >= 15 is 0 Å². The first-order chi connectivity index (χ1) is 16.7. The number of halogens is 1. The Morgan fingerprint density at radius 1 is 1.11 bits per heavy atom. The van der Waals surface area contributed by atoms with Gasteiger partial charge in [-0.3, -0.25) is 14.0 Å². The van der Waals surface area contributed by atoms with E-state index in [0.29, 0.717) is 27.9 Å². The van der Waals surface area contributed by atoms with Crippen LogP contribution >= 0.6 is 15.9 Å². The maximum Gasteiger partial charge on any atom is 0.341 e. The van der Waals surface area contributed by atoms with Crippen molar-refractivity contribution in [3.8, 4) is 0 Å². The number of fused-ring (bicyclic) bond motifs is 2. The molecule has 0 saturated heterocycles. The van der Waals surface area contributed by atoms with Crippen molar-refractivity contribution in [2.75, 3.05) is 6.61 Å². The number of aryl methyl sites for hydroxylation is 1. The second-order valence-corrected chi connectivity index (χ2v) is 9.40. The molecule has 0 aliphatic rings. The van der Waals surface area contributed by atoms with Crippen LogP contribution in [-0.4, -0.2) is 32.4 Å². The van der Waals surface area contributed by atoms with Crippen LogP contribution in [0.15, 0.2) is 62.9 Å². The number of amides is 1. The van der Waals surface area contributed by atoms with Crippen molar-refractivity contribution in [3.63, 3.8) is 0 Å². The molecule has 0 saturated carbocycles. The van der Waals surface area contributed by atoms with E-state index in [1.165, 1.54) is 10.5 Å². The van der Waals surface area contributed by atoms with Gasteiger partial charge in [0.1, 0.15) is 16.9 Å². The Balaban J connectivity index is 2.18. The smallest absolute Gasteiger partial charge is 0.341 e. The van der Waals surface area contributed by atoms with Crippen LogP contribution in [0.1, 0.15) is 47.1 Å². The molecule has 0 spiro atoms. The highest BCUT2D eigenvalue weighted by molar-refractivity contribution is 9.10. The van der Waals surface area contributed by atoms with Crippen molar-refractivity contribution < 1.29 is 14.3 Å². The van der Waals surface area contributed by atoms with Gasteiger partial charge in [0.15, 0.2) is 5.49 Å². The first-order valence-electron chi connectivity index (χ1n) is 11.3. The van der Waals surface area contributed by atoms with Crippen LogP contribution in [0.5, 0.6) is 0 Å². The summed E-state index contributed by atoms with van der Waals surface area (Å²) in [4.78, 5) is 48.9. The SMILES string of the molecule is CCOC(=O)c1cc2c(=O)n3cccc(C)c3nc2n(CC(C)C)c1=NC(=O)c1ccccc1Br. The molecule has 8 nitrogen and oxygen atoms in total. The Labute approximate surface area is 210 Å². The third-order valence-corrected chi connectivity index (χ3v) is 6.15. The maximum atomic E-state index is 13.5. The number of hydrogen-bond acceptors (Lipinski definition) is 5. The zero-order valence-corrected chi connectivity index (χ0v) is 21.5. The molecular weight excluding hydrogens is 512 g/mol. The zero-order chi connectivity index (χ0) is 25.3. The molecule has 0 unspecified atom stereocenters. The van der Waals surface area contributed by atoms with Crippen LogP contribution in [0.3, 0.4) is 0 Å². The van der Waals surface area contributed by atoms with Crippen LogP contribution in [0.4, 0.5) is 0 Å².